The molecule has 34 heavy (non-hydrogen) atoms. The van der Waals surface area contributed by atoms with E-state index < -0.39 is 27.8 Å². The fourth-order valence-electron chi connectivity index (χ4n) is 3.79. The molecule has 0 bridgehead atoms. The smallest absolute Gasteiger partial charge is 0.254 e. The molecule has 2 aromatic carbocycles. The van der Waals surface area contributed by atoms with Gasteiger partial charge in [0.25, 0.3) is 5.91 Å². The number of carbonyl (C=O) groups is 2. The van der Waals surface area contributed by atoms with E-state index in [4.69, 9.17) is 5.73 Å². The molecule has 1 saturated heterocycles. The Hall–Kier alpha value is -2.82. The Morgan fingerprint density at radius 2 is 1.68 bits per heavy atom. The summed E-state index contributed by atoms with van der Waals surface area (Å²) in [4.78, 5) is 27.6. The van der Waals surface area contributed by atoms with Gasteiger partial charge in [0.15, 0.2) is 0 Å². The fraction of sp³-hybridized carbons (Fsp3) is 0.417. The van der Waals surface area contributed by atoms with Crippen LogP contribution < -0.4 is 11.1 Å². The summed E-state index contributed by atoms with van der Waals surface area (Å²) in [6, 6.07) is 10.7. The van der Waals surface area contributed by atoms with Gasteiger partial charge in [-0.05, 0) is 47.4 Å². The molecular formula is C24H31FN4O4S. The maximum Gasteiger partial charge on any atom is 0.254 e. The second-order valence-electron chi connectivity index (χ2n) is 9.24. The molecule has 3 rings (SSSR count). The summed E-state index contributed by atoms with van der Waals surface area (Å²) in [7, 11) is -3.98. The highest BCUT2D eigenvalue weighted by Gasteiger charge is 2.40. The van der Waals surface area contributed by atoms with Crippen molar-refractivity contribution >= 4 is 21.8 Å². The first-order chi connectivity index (χ1) is 15.9. The predicted molar refractivity (Wildman–Crippen MR) is 127 cm³/mol. The number of sulfonamides is 1. The fourth-order valence-corrected chi connectivity index (χ4v) is 5.23. The molecule has 0 saturated carbocycles. The van der Waals surface area contributed by atoms with Gasteiger partial charge < -0.3 is 16.0 Å². The van der Waals surface area contributed by atoms with Gasteiger partial charge in [0.05, 0.1) is 4.90 Å². The number of nitrogens with one attached hydrogen (secondary N) is 1. The highest BCUT2D eigenvalue weighted by atomic mass is 32.2. The van der Waals surface area contributed by atoms with Crippen LogP contribution in [0, 0.1) is 5.82 Å². The van der Waals surface area contributed by atoms with Crippen LogP contribution in [0.1, 0.15) is 36.7 Å². The monoisotopic (exact) mass is 490 g/mol. The van der Waals surface area contributed by atoms with Crippen LogP contribution in [0.15, 0.2) is 53.4 Å². The average Bonchev–Trinajstić information content (AvgIpc) is 2.81. The standard InChI is InChI=1S/C24H31FN4O4S/c1-24(2,3)18-6-4-17(5-7-18)23(31)29-15-14-28(16-21(29)22(30)27-13-12-26)34(32,33)20-10-8-19(25)9-11-20/h4-11,21H,12-16,26H2,1-3H3,(H,27,30). The summed E-state index contributed by atoms with van der Waals surface area (Å²) >= 11 is 0. The molecule has 0 aliphatic carbocycles. The Morgan fingerprint density at radius 3 is 2.24 bits per heavy atom. The van der Waals surface area contributed by atoms with Crippen molar-refractivity contribution < 1.29 is 22.4 Å². The zero-order valence-corrected chi connectivity index (χ0v) is 20.4. The van der Waals surface area contributed by atoms with E-state index in [0.717, 1.165) is 22.0 Å². The van der Waals surface area contributed by atoms with E-state index >= 15 is 0 Å². The van der Waals surface area contributed by atoms with Crippen molar-refractivity contribution in [3.8, 4) is 0 Å². The first-order valence-electron chi connectivity index (χ1n) is 11.1. The molecule has 1 unspecified atom stereocenters. The van der Waals surface area contributed by atoms with E-state index in [1.54, 1.807) is 12.1 Å². The first kappa shape index (κ1) is 25.8. The lowest BCUT2D eigenvalue weighted by molar-refractivity contribution is -0.126. The summed E-state index contributed by atoms with van der Waals surface area (Å²) < 4.78 is 40.6. The van der Waals surface area contributed by atoms with Crippen molar-refractivity contribution in [1.29, 1.82) is 0 Å². The van der Waals surface area contributed by atoms with Crippen molar-refractivity contribution in [2.75, 3.05) is 32.7 Å². The Labute approximate surface area is 200 Å². The van der Waals surface area contributed by atoms with Crippen molar-refractivity contribution in [2.45, 2.75) is 37.1 Å². The third kappa shape index (κ3) is 5.63. The van der Waals surface area contributed by atoms with Gasteiger partial charge in [-0.1, -0.05) is 32.9 Å². The highest BCUT2D eigenvalue weighted by molar-refractivity contribution is 7.89. The quantitative estimate of drug-likeness (QED) is 0.640. The average molecular weight is 491 g/mol. The second-order valence-corrected chi connectivity index (χ2v) is 11.2. The van der Waals surface area contributed by atoms with E-state index in [-0.39, 0.29) is 48.9 Å². The number of hydrogen-bond acceptors (Lipinski definition) is 5. The lowest BCUT2D eigenvalue weighted by atomic mass is 9.86. The molecule has 1 aliphatic heterocycles. The molecule has 3 N–H and O–H groups in total. The van der Waals surface area contributed by atoms with Crippen LogP contribution in [0.4, 0.5) is 4.39 Å². The van der Waals surface area contributed by atoms with Crippen molar-refractivity contribution in [2.24, 2.45) is 5.73 Å². The minimum Gasteiger partial charge on any atom is -0.353 e. The number of piperazine rings is 1. The van der Waals surface area contributed by atoms with Gasteiger partial charge in [-0.15, -0.1) is 0 Å². The molecule has 2 aromatic rings. The molecule has 1 atom stereocenters. The van der Waals surface area contributed by atoms with Gasteiger partial charge in [0.2, 0.25) is 15.9 Å². The van der Waals surface area contributed by atoms with Gasteiger partial charge in [0, 0.05) is 38.3 Å². The lowest BCUT2D eigenvalue weighted by Crippen LogP contribution is -2.61. The minimum absolute atomic E-state index is 0.00614. The van der Waals surface area contributed by atoms with E-state index in [9.17, 15) is 22.4 Å². The largest absolute Gasteiger partial charge is 0.353 e. The van der Waals surface area contributed by atoms with Crippen LogP contribution in [0.5, 0.6) is 0 Å². The predicted octanol–water partition coefficient (Wildman–Crippen LogP) is 1.71. The van der Waals surface area contributed by atoms with Crippen LogP contribution in [0.3, 0.4) is 0 Å². The first-order valence-corrected chi connectivity index (χ1v) is 12.5. The Balaban J connectivity index is 1.87. The number of carbonyl (C=O) groups excluding carboxylic acids is 2. The van der Waals surface area contributed by atoms with E-state index in [0.29, 0.717) is 5.56 Å². The number of rotatable bonds is 6. The third-order valence-corrected chi connectivity index (χ3v) is 7.68. The molecule has 0 radical (unpaired) electrons. The van der Waals surface area contributed by atoms with Crippen molar-refractivity contribution in [1.82, 2.24) is 14.5 Å². The van der Waals surface area contributed by atoms with E-state index in [1.165, 1.54) is 17.0 Å². The number of nitrogens with zero attached hydrogens (tertiary/aromatic N) is 2. The summed E-state index contributed by atoms with van der Waals surface area (Å²) in [5.74, 6) is -1.39. The number of nitrogens with two attached hydrogens (primary N) is 1. The molecule has 0 aromatic heterocycles. The summed E-state index contributed by atoms with van der Waals surface area (Å²) in [6.07, 6.45) is 0. The molecular weight excluding hydrogens is 459 g/mol. The number of halogens is 1. The minimum atomic E-state index is -3.98. The van der Waals surface area contributed by atoms with Crippen molar-refractivity contribution in [3.63, 3.8) is 0 Å². The van der Waals surface area contributed by atoms with Gasteiger partial charge in [-0.3, -0.25) is 9.59 Å². The zero-order chi connectivity index (χ0) is 25.1. The van der Waals surface area contributed by atoms with Crippen LogP contribution >= 0.6 is 0 Å². The lowest BCUT2D eigenvalue weighted by Gasteiger charge is -2.40. The van der Waals surface area contributed by atoms with Gasteiger partial charge in [0.1, 0.15) is 11.9 Å². The topological polar surface area (TPSA) is 113 Å². The molecule has 184 valence electrons. The second kappa shape index (κ2) is 10.2. The molecule has 0 spiro atoms. The SMILES string of the molecule is CC(C)(C)c1ccc(C(=O)N2CCN(S(=O)(=O)c3ccc(F)cc3)CC2C(=O)NCCN)cc1. The van der Waals surface area contributed by atoms with Crippen LogP contribution in [-0.4, -0.2) is 68.2 Å². The molecule has 1 aliphatic rings. The molecule has 10 heteroatoms. The molecule has 8 nitrogen and oxygen atoms in total. The van der Waals surface area contributed by atoms with Gasteiger partial charge in [-0.25, -0.2) is 12.8 Å². The third-order valence-electron chi connectivity index (χ3n) is 5.80. The van der Waals surface area contributed by atoms with E-state index in [2.05, 4.69) is 26.1 Å². The summed E-state index contributed by atoms with van der Waals surface area (Å²) in [5.41, 5.74) is 6.90. The maximum absolute atomic E-state index is 13.3. The van der Waals surface area contributed by atoms with Crippen LogP contribution in [-0.2, 0) is 20.2 Å². The zero-order valence-electron chi connectivity index (χ0n) is 19.6. The Bertz CT molecular complexity index is 1130. The number of hydrogen-bond donors (Lipinski definition) is 2. The van der Waals surface area contributed by atoms with Crippen LogP contribution in [0.2, 0.25) is 0 Å². The summed E-state index contributed by atoms with van der Waals surface area (Å²) in [5, 5.41) is 2.66. The van der Waals surface area contributed by atoms with Gasteiger partial charge >= 0.3 is 0 Å². The van der Waals surface area contributed by atoms with Crippen LogP contribution in [0.25, 0.3) is 0 Å². The van der Waals surface area contributed by atoms with E-state index in [1.807, 2.05) is 12.1 Å². The Morgan fingerprint density at radius 1 is 1.06 bits per heavy atom. The molecule has 1 fully saturated rings. The normalized spacial score (nSPS) is 17.4. The number of benzene rings is 2. The number of amides is 2. The summed E-state index contributed by atoms with van der Waals surface area (Å²) in [6.45, 7) is 6.43. The highest BCUT2D eigenvalue weighted by Crippen LogP contribution is 2.25. The molecule has 1 heterocycles. The maximum atomic E-state index is 13.3. The van der Waals surface area contributed by atoms with Crippen molar-refractivity contribution in [3.05, 3.63) is 65.5 Å². The molecule has 2 amide bonds. The Kier molecular flexibility index (Phi) is 7.74. The van der Waals surface area contributed by atoms with Gasteiger partial charge in [-0.2, -0.15) is 4.31 Å².